The summed E-state index contributed by atoms with van der Waals surface area (Å²) in [6.07, 6.45) is -0.640. The van der Waals surface area contributed by atoms with Crippen LogP contribution in [0.2, 0.25) is 0 Å². The molecule has 0 saturated carbocycles. The SMILES string of the molecule is CCn1c(N)[n+](CC(O)COc2ccccc2)c2ccccc21. The molecule has 1 heterocycles. The molecule has 5 nitrogen and oxygen atoms in total. The molecule has 3 N–H and O–H groups in total. The van der Waals surface area contributed by atoms with Crippen LogP contribution in [0.3, 0.4) is 0 Å². The van der Waals surface area contributed by atoms with Gasteiger partial charge in [-0.2, -0.15) is 0 Å². The van der Waals surface area contributed by atoms with Crippen LogP contribution in [0.5, 0.6) is 5.75 Å². The zero-order chi connectivity index (χ0) is 16.2. The van der Waals surface area contributed by atoms with E-state index in [2.05, 4.69) is 6.92 Å². The third-order valence-corrected chi connectivity index (χ3v) is 3.91. The van der Waals surface area contributed by atoms with Crippen molar-refractivity contribution in [3.05, 3.63) is 54.6 Å². The molecule has 0 aliphatic carbocycles. The molecule has 0 spiro atoms. The fraction of sp³-hybridized carbons (Fsp3) is 0.278. The highest BCUT2D eigenvalue weighted by Gasteiger charge is 2.21. The maximum Gasteiger partial charge on any atom is 0.356 e. The predicted molar refractivity (Wildman–Crippen MR) is 90.2 cm³/mol. The van der Waals surface area contributed by atoms with Gasteiger partial charge in [0.15, 0.2) is 0 Å². The second kappa shape index (κ2) is 6.71. The third-order valence-electron chi connectivity index (χ3n) is 3.91. The molecule has 0 amide bonds. The highest BCUT2D eigenvalue weighted by Crippen LogP contribution is 2.16. The van der Waals surface area contributed by atoms with Crippen molar-refractivity contribution in [1.82, 2.24) is 4.57 Å². The van der Waals surface area contributed by atoms with Gasteiger partial charge < -0.3 is 9.84 Å². The number of nitrogen functional groups attached to an aromatic ring is 1. The summed E-state index contributed by atoms with van der Waals surface area (Å²) in [6.45, 7) is 3.46. The average Bonchev–Trinajstić information content (AvgIpc) is 2.85. The van der Waals surface area contributed by atoms with E-state index in [9.17, 15) is 5.11 Å². The number of nitrogens with two attached hydrogens (primary N) is 1. The molecule has 1 atom stereocenters. The van der Waals surface area contributed by atoms with E-state index in [0.29, 0.717) is 12.5 Å². The number of nitrogens with zero attached hydrogens (tertiary/aromatic N) is 2. The van der Waals surface area contributed by atoms with Crippen LogP contribution in [0.25, 0.3) is 11.0 Å². The smallest absolute Gasteiger partial charge is 0.356 e. The average molecular weight is 312 g/mol. The first-order valence-electron chi connectivity index (χ1n) is 7.83. The Balaban J connectivity index is 1.77. The lowest BCUT2D eigenvalue weighted by Crippen LogP contribution is -2.43. The van der Waals surface area contributed by atoms with Gasteiger partial charge in [0.25, 0.3) is 0 Å². The predicted octanol–water partition coefficient (Wildman–Crippen LogP) is 1.97. The Morgan fingerprint density at radius 2 is 1.83 bits per heavy atom. The first kappa shape index (κ1) is 15.4. The molecule has 3 aromatic rings. The van der Waals surface area contributed by atoms with E-state index < -0.39 is 6.10 Å². The van der Waals surface area contributed by atoms with Gasteiger partial charge in [-0.15, -0.1) is 0 Å². The van der Waals surface area contributed by atoms with Crippen LogP contribution in [0.15, 0.2) is 54.6 Å². The molecule has 0 fully saturated rings. The number of anilines is 1. The number of hydrogen-bond donors (Lipinski definition) is 2. The summed E-state index contributed by atoms with van der Waals surface area (Å²) in [4.78, 5) is 0. The van der Waals surface area contributed by atoms with Crippen LogP contribution in [-0.2, 0) is 13.1 Å². The Morgan fingerprint density at radius 3 is 2.57 bits per heavy atom. The molecule has 0 bridgehead atoms. The Labute approximate surface area is 135 Å². The number of imidazole rings is 1. The minimum atomic E-state index is -0.640. The number of benzene rings is 2. The van der Waals surface area contributed by atoms with Gasteiger partial charge in [0.05, 0.1) is 6.54 Å². The number of aryl methyl sites for hydroxylation is 1. The molecule has 0 aliphatic rings. The fourth-order valence-electron chi connectivity index (χ4n) is 2.81. The molecule has 0 aliphatic heterocycles. The standard InChI is InChI=1S/C18H21N3O2/c1-2-20-16-10-6-7-11-17(16)21(18(20)19)12-14(22)13-23-15-8-4-3-5-9-15/h3-11,14,19,22H,2,12-13H2,1H3/p+1. The van der Waals surface area contributed by atoms with Crippen LogP contribution in [0.1, 0.15) is 6.92 Å². The van der Waals surface area contributed by atoms with Crippen molar-refractivity contribution in [3.8, 4) is 5.75 Å². The lowest BCUT2D eigenvalue weighted by atomic mass is 10.3. The number of aliphatic hydroxyl groups excluding tert-OH is 1. The highest BCUT2D eigenvalue weighted by molar-refractivity contribution is 5.73. The third kappa shape index (κ3) is 3.14. The van der Waals surface area contributed by atoms with E-state index in [1.54, 1.807) is 0 Å². The molecular weight excluding hydrogens is 290 g/mol. The van der Waals surface area contributed by atoms with Crippen LogP contribution >= 0.6 is 0 Å². The molecular formula is C18H22N3O2+. The topological polar surface area (TPSA) is 64.3 Å². The van der Waals surface area contributed by atoms with Crippen molar-refractivity contribution in [1.29, 1.82) is 0 Å². The molecule has 23 heavy (non-hydrogen) atoms. The van der Waals surface area contributed by atoms with Gasteiger partial charge in [0, 0.05) is 0 Å². The number of aliphatic hydroxyl groups is 1. The summed E-state index contributed by atoms with van der Waals surface area (Å²) >= 11 is 0. The van der Waals surface area contributed by atoms with Crippen LogP contribution < -0.4 is 15.0 Å². The van der Waals surface area contributed by atoms with E-state index in [0.717, 1.165) is 23.3 Å². The van der Waals surface area contributed by atoms with Crippen LogP contribution in [0, 0.1) is 0 Å². The summed E-state index contributed by atoms with van der Waals surface area (Å²) in [7, 11) is 0. The van der Waals surface area contributed by atoms with Crippen molar-refractivity contribution >= 4 is 17.0 Å². The van der Waals surface area contributed by atoms with E-state index >= 15 is 0 Å². The number of hydrogen-bond acceptors (Lipinski definition) is 3. The van der Waals surface area contributed by atoms with Gasteiger partial charge in [-0.05, 0) is 31.2 Å². The molecule has 1 unspecified atom stereocenters. The van der Waals surface area contributed by atoms with Gasteiger partial charge >= 0.3 is 5.95 Å². The van der Waals surface area contributed by atoms with E-state index in [1.165, 1.54) is 0 Å². The van der Waals surface area contributed by atoms with E-state index in [4.69, 9.17) is 10.5 Å². The number of rotatable bonds is 6. The van der Waals surface area contributed by atoms with Gasteiger partial charge in [-0.3, -0.25) is 5.73 Å². The van der Waals surface area contributed by atoms with Gasteiger partial charge in [-0.25, -0.2) is 9.13 Å². The largest absolute Gasteiger partial charge is 0.491 e. The normalized spacial score (nSPS) is 12.4. The summed E-state index contributed by atoms with van der Waals surface area (Å²) in [6, 6.07) is 17.5. The number of ether oxygens (including phenoxy) is 1. The minimum Gasteiger partial charge on any atom is -0.491 e. The molecule has 5 heteroatoms. The zero-order valence-corrected chi connectivity index (χ0v) is 13.2. The van der Waals surface area contributed by atoms with Gasteiger partial charge in [0.1, 0.15) is 36.0 Å². The Bertz CT molecular complexity index is 784. The molecule has 0 radical (unpaired) electrons. The highest BCUT2D eigenvalue weighted by atomic mass is 16.5. The van der Waals surface area contributed by atoms with Crippen LogP contribution in [-0.4, -0.2) is 22.4 Å². The number of aromatic nitrogens is 2. The van der Waals surface area contributed by atoms with Crippen LogP contribution in [0.4, 0.5) is 5.95 Å². The summed E-state index contributed by atoms with van der Waals surface area (Å²) < 4.78 is 9.60. The van der Waals surface area contributed by atoms with E-state index in [1.807, 2.05) is 63.7 Å². The van der Waals surface area contributed by atoms with E-state index in [-0.39, 0.29) is 6.61 Å². The lowest BCUT2D eigenvalue weighted by molar-refractivity contribution is -0.665. The Kier molecular flexibility index (Phi) is 4.48. The molecule has 2 aromatic carbocycles. The van der Waals surface area contributed by atoms with Crippen molar-refractivity contribution in [2.45, 2.75) is 26.1 Å². The molecule has 120 valence electrons. The summed E-state index contributed by atoms with van der Waals surface area (Å²) in [5.74, 6) is 1.40. The second-order valence-corrected chi connectivity index (χ2v) is 5.48. The second-order valence-electron chi connectivity index (χ2n) is 5.48. The first-order valence-corrected chi connectivity index (χ1v) is 7.83. The zero-order valence-electron chi connectivity index (χ0n) is 13.2. The summed E-state index contributed by atoms with van der Waals surface area (Å²) in [5, 5.41) is 10.3. The van der Waals surface area contributed by atoms with Crippen molar-refractivity contribution < 1.29 is 14.4 Å². The Hall–Kier alpha value is -2.53. The van der Waals surface area contributed by atoms with Crippen molar-refractivity contribution in [2.24, 2.45) is 0 Å². The molecule has 0 saturated heterocycles. The maximum atomic E-state index is 10.3. The van der Waals surface area contributed by atoms with Gasteiger partial charge in [0.2, 0.25) is 0 Å². The number of fused-ring (bicyclic) bond motifs is 1. The first-order chi connectivity index (χ1) is 11.2. The minimum absolute atomic E-state index is 0.224. The monoisotopic (exact) mass is 312 g/mol. The fourth-order valence-corrected chi connectivity index (χ4v) is 2.81. The van der Waals surface area contributed by atoms with Crippen molar-refractivity contribution in [3.63, 3.8) is 0 Å². The quantitative estimate of drug-likeness (QED) is 0.684. The number of para-hydroxylation sites is 3. The lowest BCUT2D eigenvalue weighted by Gasteiger charge is -2.12. The van der Waals surface area contributed by atoms with Gasteiger partial charge in [-0.1, -0.05) is 30.3 Å². The molecule has 1 aromatic heterocycles. The molecule has 3 rings (SSSR count). The Morgan fingerprint density at radius 1 is 1.13 bits per heavy atom. The summed E-state index contributed by atoms with van der Waals surface area (Å²) in [5.41, 5.74) is 8.35. The van der Waals surface area contributed by atoms with Crippen molar-refractivity contribution in [2.75, 3.05) is 12.3 Å². The maximum absolute atomic E-state index is 10.3.